The third kappa shape index (κ3) is 2.54. The molecule has 2 aromatic carbocycles. The number of hydrogen-bond acceptors (Lipinski definition) is 2. The molecule has 1 atom stereocenters. The number of nitrogens with one attached hydrogen (secondary N) is 2. The second-order valence-electron chi connectivity index (χ2n) is 5.23. The molecule has 3 nitrogen and oxygen atoms in total. The van der Waals surface area contributed by atoms with Crippen LogP contribution in [0.2, 0.25) is 0 Å². The molecule has 3 rings (SSSR count). The van der Waals surface area contributed by atoms with Crippen molar-refractivity contribution in [3.05, 3.63) is 59.3 Å². The SMILES string of the molecule is CC(=O)C1=C(C)NC(=S)NC1c1ccc2ccccc2c1. The van der Waals surface area contributed by atoms with Crippen LogP contribution >= 0.6 is 12.2 Å². The van der Waals surface area contributed by atoms with E-state index in [4.69, 9.17) is 12.2 Å². The Morgan fingerprint density at radius 2 is 1.86 bits per heavy atom. The van der Waals surface area contributed by atoms with Gasteiger partial charge in [0.25, 0.3) is 0 Å². The third-order valence-corrected chi connectivity index (χ3v) is 3.98. The smallest absolute Gasteiger partial charge is 0.171 e. The van der Waals surface area contributed by atoms with E-state index in [1.807, 2.05) is 25.1 Å². The van der Waals surface area contributed by atoms with Gasteiger partial charge in [-0.2, -0.15) is 0 Å². The van der Waals surface area contributed by atoms with Crippen LogP contribution in [-0.2, 0) is 4.79 Å². The molecule has 1 aliphatic heterocycles. The Morgan fingerprint density at radius 1 is 1.14 bits per heavy atom. The number of hydrogen-bond donors (Lipinski definition) is 2. The van der Waals surface area contributed by atoms with E-state index in [1.165, 1.54) is 5.39 Å². The van der Waals surface area contributed by atoms with Crippen molar-refractivity contribution in [1.82, 2.24) is 10.6 Å². The zero-order chi connectivity index (χ0) is 15.0. The Morgan fingerprint density at radius 3 is 2.57 bits per heavy atom. The Kier molecular flexibility index (Phi) is 3.47. The quantitative estimate of drug-likeness (QED) is 0.835. The lowest BCUT2D eigenvalue weighted by atomic mass is 9.92. The number of carbonyl (C=O) groups is 1. The van der Waals surface area contributed by atoms with Crippen molar-refractivity contribution in [2.45, 2.75) is 19.9 Å². The Balaban J connectivity index is 2.13. The van der Waals surface area contributed by atoms with Crippen LogP contribution in [0.5, 0.6) is 0 Å². The number of fused-ring (bicyclic) bond motifs is 1. The summed E-state index contributed by atoms with van der Waals surface area (Å²) in [6.45, 7) is 3.47. The maximum atomic E-state index is 12.0. The molecular weight excluding hydrogens is 280 g/mol. The molecule has 0 aliphatic carbocycles. The van der Waals surface area contributed by atoms with Gasteiger partial charge in [-0.1, -0.05) is 36.4 Å². The van der Waals surface area contributed by atoms with Gasteiger partial charge < -0.3 is 10.6 Å². The number of ketones is 1. The molecule has 0 aromatic heterocycles. The van der Waals surface area contributed by atoms with Gasteiger partial charge in [0.05, 0.1) is 6.04 Å². The van der Waals surface area contributed by atoms with Crippen LogP contribution in [0.4, 0.5) is 0 Å². The van der Waals surface area contributed by atoms with Crippen LogP contribution in [0, 0.1) is 0 Å². The summed E-state index contributed by atoms with van der Waals surface area (Å²) in [7, 11) is 0. The van der Waals surface area contributed by atoms with Crippen molar-refractivity contribution < 1.29 is 4.79 Å². The maximum absolute atomic E-state index is 12.0. The van der Waals surface area contributed by atoms with Crippen LogP contribution in [0.1, 0.15) is 25.5 Å². The lowest BCUT2D eigenvalue weighted by Crippen LogP contribution is -2.44. The van der Waals surface area contributed by atoms with Gasteiger partial charge in [0.1, 0.15) is 0 Å². The first kappa shape index (κ1) is 13.8. The number of carbonyl (C=O) groups excluding carboxylic acids is 1. The highest BCUT2D eigenvalue weighted by molar-refractivity contribution is 7.80. The van der Waals surface area contributed by atoms with Crippen LogP contribution in [0.15, 0.2) is 53.7 Å². The predicted octanol–water partition coefficient (Wildman–Crippen LogP) is 3.22. The van der Waals surface area contributed by atoms with Gasteiger partial charge >= 0.3 is 0 Å². The lowest BCUT2D eigenvalue weighted by molar-refractivity contribution is -0.114. The number of rotatable bonds is 2. The van der Waals surface area contributed by atoms with Gasteiger partial charge in [-0.3, -0.25) is 4.79 Å². The van der Waals surface area contributed by atoms with E-state index in [-0.39, 0.29) is 11.8 Å². The largest absolute Gasteiger partial charge is 0.351 e. The molecule has 21 heavy (non-hydrogen) atoms. The van der Waals surface area contributed by atoms with Gasteiger partial charge in [-0.15, -0.1) is 0 Å². The van der Waals surface area contributed by atoms with E-state index in [1.54, 1.807) is 6.92 Å². The molecule has 0 saturated carbocycles. The van der Waals surface area contributed by atoms with Crippen molar-refractivity contribution in [3.8, 4) is 0 Å². The molecule has 1 heterocycles. The summed E-state index contributed by atoms with van der Waals surface area (Å²) in [6, 6.07) is 14.2. The zero-order valence-corrected chi connectivity index (χ0v) is 12.8. The van der Waals surface area contributed by atoms with E-state index in [0.717, 1.165) is 22.2 Å². The maximum Gasteiger partial charge on any atom is 0.171 e. The fourth-order valence-corrected chi connectivity index (χ4v) is 3.07. The predicted molar refractivity (Wildman–Crippen MR) is 88.9 cm³/mol. The van der Waals surface area contributed by atoms with Crippen LogP contribution < -0.4 is 10.6 Å². The average molecular weight is 296 g/mol. The van der Waals surface area contributed by atoms with Crippen molar-refractivity contribution in [1.29, 1.82) is 0 Å². The Labute approximate surface area is 129 Å². The van der Waals surface area contributed by atoms with Gasteiger partial charge in [0, 0.05) is 11.3 Å². The number of Topliss-reactive ketones (excluding diaryl/α,β-unsaturated/α-hetero) is 1. The molecule has 0 fully saturated rings. The van der Waals surface area contributed by atoms with E-state index < -0.39 is 0 Å². The third-order valence-electron chi connectivity index (χ3n) is 3.76. The summed E-state index contributed by atoms with van der Waals surface area (Å²) in [6.07, 6.45) is 0. The highest BCUT2D eigenvalue weighted by Gasteiger charge is 2.27. The molecule has 1 unspecified atom stereocenters. The second-order valence-corrected chi connectivity index (χ2v) is 5.64. The summed E-state index contributed by atoms with van der Waals surface area (Å²) >= 11 is 5.23. The van der Waals surface area contributed by atoms with E-state index in [2.05, 4.69) is 34.9 Å². The van der Waals surface area contributed by atoms with E-state index in [0.29, 0.717) is 5.11 Å². The number of benzene rings is 2. The van der Waals surface area contributed by atoms with Gasteiger partial charge in [0.2, 0.25) is 0 Å². The molecule has 0 radical (unpaired) electrons. The molecule has 0 amide bonds. The molecule has 0 bridgehead atoms. The summed E-state index contributed by atoms with van der Waals surface area (Å²) in [5.74, 6) is 0.0492. The second kappa shape index (κ2) is 5.30. The minimum absolute atomic E-state index is 0.0492. The molecule has 1 aliphatic rings. The van der Waals surface area contributed by atoms with Crippen LogP contribution in [-0.4, -0.2) is 10.9 Å². The minimum atomic E-state index is -0.194. The fourth-order valence-electron chi connectivity index (χ4n) is 2.80. The standard InChI is InChI=1S/C17H16N2OS/c1-10-15(11(2)20)16(19-17(21)18-10)14-8-7-12-5-3-4-6-13(12)9-14/h3-9,16H,1-2H3,(H2,18,19,21). The molecule has 106 valence electrons. The Bertz CT molecular complexity index is 779. The van der Waals surface area contributed by atoms with Crippen molar-refractivity contribution in [3.63, 3.8) is 0 Å². The van der Waals surface area contributed by atoms with Crippen LogP contribution in [0.25, 0.3) is 10.8 Å². The molecular formula is C17H16N2OS. The number of allylic oxidation sites excluding steroid dienone is 1. The summed E-state index contributed by atoms with van der Waals surface area (Å²) in [5.41, 5.74) is 2.60. The topological polar surface area (TPSA) is 41.1 Å². The molecule has 2 N–H and O–H groups in total. The van der Waals surface area contributed by atoms with Gasteiger partial charge in [0.15, 0.2) is 10.9 Å². The molecule has 2 aromatic rings. The first-order valence-electron chi connectivity index (χ1n) is 6.84. The Hall–Kier alpha value is -2.20. The first-order chi connectivity index (χ1) is 10.1. The minimum Gasteiger partial charge on any atom is -0.351 e. The van der Waals surface area contributed by atoms with E-state index in [9.17, 15) is 4.79 Å². The molecule has 4 heteroatoms. The highest BCUT2D eigenvalue weighted by Crippen LogP contribution is 2.29. The fraction of sp³-hybridized carbons (Fsp3) is 0.176. The molecule has 0 spiro atoms. The normalized spacial score (nSPS) is 18.4. The van der Waals surface area contributed by atoms with E-state index >= 15 is 0 Å². The zero-order valence-electron chi connectivity index (χ0n) is 11.9. The van der Waals surface area contributed by atoms with Crippen molar-refractivity contribution in [2.75, 3.05) is 0 Å². The van der Waals surface area contributed by atoms with Gasteiger partial charge in [-0.25, -0.2) is 0 Å². The molecule has 0 saturated heterocycles. The highest BCUT2D eigenvalue weighted by atomic mass is 32.1. The average Bonchev–Trinajstić information content (AvgIpc) is 2.45. The number of thiocarbonyl (C=S) groups is 1. The first-order valence-corrected chi connectivity index (χ1v) is 7.25. The van der Waals surface area contributed by atoms with Crippen molar-refractivity contribution in [2.24, 2.45) is 0 Å². The van der Waals surface area contributed by atoms with Crippen LogP contribution in [0.3, 0.4) is 0 Å². The lowest BCUT2D eigenvalue weighted by Gasteiger charge is -2.30. The van der Waals surface area contributed by atoms with Gasteiger partial charge in [-0.05, 0) is 48.5 Å². The summed E-state index contributed by atoms with van der Waals surface area (Å²) in [5, 5.41) is 9.12. The summed E-state index contributed by atoms with van der Waals surface area (Å²) < 4.78 is 0. The summed E-state index contributed by atoms with van der Waals surface area (Å²) in [4.78, 5) is 12.0. The van der Waals surface area contributed by atoms with Crippen molar-refractivity contribution >= 4 is 33.9 Å². The monoisotopic (exact) mass is 296 g/mol.